The molecule has 2 N–H and O–H groups in total. The van der Waals surface area contributed by atoms with Crippen molar-refractivity contribution in [1.29, 1.82) is 0 Å². The number of hydrogen-bond acceptors (Lipinski definition) is 6. The number of likely N-dealkylation sites (tertiary alicyclic amines) is 1. The van der Waals surface area contributed by atoms with Gasteiger partial charge in [0, 0.05) is 49.7 Å². The minimum absolute atomic E-state index is 0. The summed E-state index contributed by atoms with van der Waals surface area (Å²) in [4.78, 5) is 17.5. The molecule has 0 bridgehead atoms. The van der Waals surface area contributed by atoms with Crippen LogP contribution in [0, 0.1) is 0 Å². The number of carbonyl (C=O) groups excluding carboxylic acids is 1. The maximum absolute atomic E-state index is 13.2. The van der Waals surface area contributed by atoms with Crippen molar-refractivity contribution < 1.29 is 22.7 Å². The van der Waals surface area contributed by atoms with E-state index in [1.165, 1.54) is 5.56 Å². The molecule has 0 aromatic heterocycles. The van der Waals surface area contributed by atoms with Crippen LogP contribution in [0.1, 0.15) is 38.2 Å². The van der Waals surface area contributed by atoms with E-state index >= 15 is 0 Å². The van der Waals surface area contributed by atoms with Crippen LogP contribution in [0.25, 0.3) is 0 Å². The van der Waals surface area contributed by atoms with Crippen LogP contribution < -0.4 is 24.4 Å². The zero-order chi connectivity index (χ0) is 29.2. The van der Waals surface area contributed by atoms with Crippen molar-refractivity contribution in [2.75, 3.05) is 42.6 Å². The number of sulfonamides is 1. The number of nitrogens with one attached hydrogen (secondary N) is 2. The lowest BCUT2D eigenvalue weighted by molar-refractivity contribution is 0.188. The molecule has 3 aromatic carbocycles. The van der Waals surface area contributed by atoms with Crippen molar-refractivity contribution in [3.05, 3.63) is 78.4 Å². The number of rotatable bonds is 12. The molecule has 42 heavy (non-hydrogen) atoms. The fourth-order valence-corrected chi connectivity index (χ4v) is 5.36. The van der Waals surface area contributed by atoms with Gasteiger partial charge >= 0.3 is 6.03 Å². The van der Waals surface area contributed by atoms with E-state index in [0.29, 0.717) is 23.7 Å². The lowest BCUT2D eigenvalue weighted by atomic mass is 10.0. The van der Waals surface area contributed by atoms with E-state index < -0.39 is 10.0 Å². The van der Waals surface area contributed by atoms with Crippen molar-refractivity contribution in [1.82, 2.24) is 10.2 Å². The summed E-state index contributed by atoms with van der Waals surface area (Å²) >= 11 is 0. The van der Waals surface area contributed by atoms with Gasteiger partial charge < -0.3 is 14.8 Å². The Bertz CT molecular complexity index is 1380. The highest BCUT2D eigenvalue weighted by Crippen LogP contribution is 2.25. The first-order chi connectivity index (χ1) is 19.7. The van der Waals surface area contributed by atoms with Crippen LogP contribution in [-0.2, 0) is 16.6 Å². The predicted molar refractivity (Wildman–Crippen MR) is 171 cm³/mol. The summed E-state index contributed by atoms with van der Waals surface area (Å²) in [5.74, 6) is 2.08. The summed E-state index contributed by atoms with van der Waals surface area (Å²) < 4.78 is 36.4. The van der Waals surface area contributed by atoms with Crippen LogP contribution in [0.5, 0.6) is 17.2 Å². The lowest BCUT2D eigenvalue weighted by Gasteiger charge is -2.34. The number of methoxy groups -OCH3 is 1. The van der Waals surface area contributed by atoms with Crippen LogP contribution in [0.2, 0.25) is 0 Å². The largest absolute Gasteiger partial charge is 0.497 e. The van der Waals surface area contributed by atoms with E-state index in [9.17, 15) is 13.2 Å². The minimum atomic E-state index is -3.31. The molecule has 4 rings (SSSR count). The quantitative estimate of drug-likeness (QED) is 0.249. The Balaban J connectivity index is 0.00000484. The summed E-state index contributed by atoms with van der Waals surface area (Å²) in [6.07, 6.45) is 4.86. The van der Waals surface area contributed by atoms with Crippen molar-refractivity contribution >= 4 is 39.8 Å². The van der Waals surface area contributed by atoms with E-state index in [0.717, 1.165) is 63.0 Å². The number of carbonyl (C=O) groups is 1. The van der Waals surface area contributed by atoms with E-state index in [-0.39, 0.29) is 24.5 Å². The molecule has 9 nitrogen and oxygen atoms in total. The summed E-state index contributed by atoms with van der Waals surface area (Å²) in [5.41, 5.74) is 2.53. The van der Waals surface area contributed by atoms with Crippen LogP contribution in [0.3, 0.4) is 0 Å². The van der Waals surface area contributed by atoms with Gasteiger partial charge in [-0.2, -0.15) is 0 Å². The minimum Gasteiger partial charge on any atom is -0.497 e. The number of piperidine rings is 1. The Hall–Kier alpha value is -3.47. The van der Waals surface area contributed by atoms with Gasteiger partial charge in [0.25, 0.3) is 0 Å². The molecule has 1 fully saturated rings. The zero-order valence-electron chi connectivity index (χ0n) is 24.4. The fourth-order valence-electron chi connectivity index (χ4n) is 4.79. The van der Waals surface area contributed by atoms with Gasteiger partial charge in [-0.15, -0.1) is 12.4 Å². The van der Waals surface area contributed by atoms with Crippen LogP contribution in [0.15, 0.2) is 72.8 Å². The highest BCUT2D eigenvalue weighted by Gasteiger charge is 2.24. The zero-order valence-corrected chi connectivity index (χ0v) is 26.0. The molecular weight excluding hydrogens is 576 g/mol. The fraction of sp³-hybridized carbons (Fsp3) is 0.387. The molecule has 1 heterocycles. The number of amides is 2. The maximum atomic E-state index is 13.2. The Kier molecular flexibility index (Phi) is 12.3. The van der Waals surface area contributed by atoms with E-state index in [4.69, 9.17) is 9.47 Å². The molecular formula is C31H41ClN4O5S. The molecule has 11 heteroatoms. The van der Waals surface area contributed by atoms with Crippen molar-refractivity contribution in [3.8, 4) is 17.2 Å². The third-order valence-corrected chi connectivity index (χ3v) is 7.59. The van der Waals surface area contributed by atoms with Crippen LogP contribution in [-0.4, -0.2) is 58.4 Å². The topological polar surface area (TPSA) is 100 Å². The second kappa shape index (κ2) is 15.7. The summed E-state index contributed by atoms with van der Waals surface area (Å²) in [6.45, 7) is 5.44. The number of hydrogen-bond donors (Lipinski definition) is 2. The summed E-state index contributed by atoms with van der Waals surface area (Å²) in [7, 11) is -1.68. The second-order valence-corrected chi connectivity index (χ2v) is 12.1. The standard InChI is InChI=1S/C31H40N4O5S.ClH/c1-4-5-19-35(27-7-6-8-30(22-27)39-2)31(36)32-25-17-20-34(21-18-25)23-24-9-13-28(14-10-24)40-29-15-11-26(12-16-29)33-41(3,37)38;/h6-16,22,25,33H,4-5,17-21,23H2,1-3H3,(H,32,36);1H. The molecule has 2 amide bonds. The van der Waals surface area contributed by atoms with Gasteiger partial charge in [0.05, 0.1) is 13.4 Å². The van der Waals surface area contributed by atoms with E-state index in [1.54, 1.807) is 31.4 Å². The van der Waals surface area contributed by atoms with Gasteiger partial charge in [-0.1, -0.05) is 31.5 Å². The molecule has 1 aliphatic heterocycles. The average Bonchev–Trinajstić information content (AvgIpc) is 2.96. The van der Waals surface area contributed by atoms with Crippen molar-refractivity contribution in [2.45, 2.75) is 45.2 Å². The number of halogens is 1. The first-order valence-corrected chi connectivity index (χ1v) is 15.9. The van der Waals surface area contributed by atoms with E-state index in [1.807, 2.05) is 41.3 Å². The Morgan fingerprint density at radius 3 is 2.21 bits per heavy atom. The number of benzene rings is 3. The smallest absolute Gasteiger partial charge is 0.322 e. The third kappa shape index (κ3) is 10.1. The Labute approximate surface area is 255 Å². The van der Waals surface area contributed by atoms with Gasteiger partial charge in [-0.05, 0) is 73.4 Å². The van der Waals surface area contributed by atoms with Gasteiger partial charge in [0.1, 0.15) is 17.2 Å². The predicted octanol–water partition coefficient (Wildman–Crippen LogP) is 6.26. The SMILES string of the molecule is CCCCN(C(=O)NC1CCN(Cc2ccc(Oc3ccc(NS(C)(=O)=O)cc3)cc2)CC1)c1cccc(OC)c1.Cl. The Morgan fingerprint density at radius 1 is 0.976 bits per heavy atom. The molecule has 3 aromatic rings. The average molecular weight is 617 g/mol. The lowest BCUT2D eigenvalue weighted by Crippen LogP contribution is -2.49. The Morgan fingerprint density at radius 2 is 1.62 bits per heavy atom. The number of urea groups is 1. The number of anilines is 2. The first kappa shape index (κ1) is 33.0. The van der Waals surface area contributed by atoms with Crippen LogP contribution in [0.4, 0.5) is 16.2 Å². The van der Waals surface area contributed by atoms with Crippen LogP contribution >= 0.6 is 12.4 Å². The number of unbranched alkanes of at least 4 members (excludes halogenated alkanes) is 1. The molecule has 0 aliphatic carbocycles. The number of ether oxygens (including phenoxy) is 2. The van der Waals surface area contributed by atoms with E-state index in [2.05, 4.69) is 34.0 Å². The van der Waals surface area contributed by atoms with Gasteiger partial charge in [0.2, 0.25) is 10.0 Å². The highest BCUT2D eigenvalue weighted by atomic mass is 35.5. The van der Waals surface area contributed by atoms with Gasteiger partial charge in [-0.3, -0.25) is 14.5 Å². The highest BCUT2D eigenvalue weighted by molar-refractivity contribution is 7.92. The molecule has 0 radical (unpaired) electrons. The summed E-state index contributed by atoms with van der Waals surface area (Å²) in [5, 5.41) is 3.26. The van der Waals surface area contributed by atoms with Gasteiger partial charge in [0.15, 0.2) is 0 Å². The molecule has 0 saturated carbocycles. The molecule has 228 valence electrons. The molecule has 1 saturated heterocycles. The first-order valence-electron chi connectivity index (χ1n) is 14.0. The molecule has 0 spiro atoms. The second-order valence-electron chi connectivity index (χ2n) is 10.4. The summed E-state index contributed by atoms with van der Waals surface area (Å²) in [6, 6.07) is 22.5. The monoisotopic (exact) mass is 616 g/mol. The van der Waals surface area contributed by atoms with Crippen molar-refractivity contribution in [3.63, 3.8) is 0 Å². The molecule has 1 aliphatic rings. The van der Waals surface area contributed by atoms with Crippen molar-refractivity contribution in [2.24, 2.45) is 0 Å². The number of nitrogens with zero attached hydrogens (tertiary/aromatic N) is 2. The molecule has 0 atom stereocenters. The third-order valence-electron chi connectivity index (χ3n) is 6.98. The maximum Gasteiger partial charge on any atom is 0.322 e. The molecule has 0 unspecified atom stereocenters. The van der Waals surface area contributed by atoms with Gasteiger partial charge in [-0.25, -0.2) is 13.2 Å². The normalized spacial score (nSPS) is 14.0.